The molecular weight excluding hydrogens is 286 g/mol. The summed E-state index contributed by atoms with van der Waals surface area (Å²) in [6.45, 7) is -0.0143. The van der Waals surface area contributed by atoms with E-state index in [1.807, 2.05) is 0 Å². The smallest absolute Gasteiger partial charge is 0.309 e. The Balaban J connectivity index is 3.25. The van der Waals surface area contributed by atoms with Gasteiger partial charge in [0.25, 0.3) is 6.43 Å². The highest BCUT2D eigenvalue weighted by Gasteiger charge is 2.18. The summed E-state index contributed by atoms with van der Waals surface area (Å²) < 4.78 is 25.3. The van der Waals surface area contributed by atoms with Crippen LogP contribution in [0.15, 0.2) is 10.5 Å². The molecule has 3 N–H and O–H groups in total. The molecule has 0 bridgehead atoms. The van der Waals surface area contributed by atoms with E-state index < -0.39 is 18.8 Å². The molecule has 1 aromatic heterocycles. The van der Waals surface area contributed by atoms with Crippen molar-refractivity contribution < 1.29 is 18.7 Å². The number of carbonyl (C=O) groups is 1. The minimum atomic E-state index is -2.70. The molecule has 0 fully saturated rings. The van der Waals surface area contributed by atoms with E-state index in [1.165, 1.54) is 6.07 Å². The first-order valence-electron chi connectivity index (χ1n) is 4.34. The number of hydrogen-bond acceptors (Lipinski definition) is 3. The first-order valence-corrected chi connectivity index (χ1v) is 5.13. The van der Waals surface area contributed by atoms with Crippen LogP contribution in [0.5, 0.6) is 0 Å². The molecule has 0 radical (unpaired) electrons. The Bertz CT molecular complexity index is 413. The number of alkyl halides is 2. The second kappa shape index (κ2) is 5.31. The van der Waals surface area contributed by atoms with Crippen LogP contribution in [0.25, 0.3) is 0 Å². The number of rotatable bonds is 4. The molecule has 16 heavy (non-hydrogen) atoms. The maximum absolute atomic E-state index is 12.6. The van der Waals surface area contributed by atoms with Crippen LogP contribution in [0.2, 0.25) is 0 Å². The van der Waals surface area contributed by atoms with Crippen LogP contribution in [-0.2, 0) is 17.8 Å². The van der Waals surface area contributed by atoms with Gasteiger partial charge in [0.1, 0.15) is 0 Å². The Morgan fingerprint density at radius 2 is 2.25 bits per heavy atom. The number of aliphatic carboxylic acids is 1. The van der Waals surface area contributed by atoms with E-state index in [4.69, 9.17) is 10.8 Å². The fourth-order valence-electron chi connectivity index (χ4n) is 1.19. The molecule has 0 saturated heterocycles. The van der Waals surface area contributed by atoms with Crippen molar-refractivity contribution in [1.82, 2.24) is 4.98 Å². The molecule has 0 aromatic carbocycles. The Morgan fingerprint density at radius 1 is 1.62 bits per heavy atom. The molecule has 0 aliphatic heterocycles. The summed E-state index contributed by atoms with van der Waals surface area (Å²) in [5.74, 6) is -1.14. The maximum atomic E-state index is 12.6. The molecule has 0 aliphatic carbocycles. The summed E-state index contributed by atoms with van der Waals surface area (Å²) in [4.78, 5) is 14.4. The molecule has 0 aliphatic rings. The zero-order valence-corrected chi connectivity index (χ0v) is 9.67. The van der Waals surface area contributed by atoms with Crippen molar-refractivity contribution in [1.29, 1.82) is 0 Å². The first-order chi connectivity index (χ1) is 7.45. The lowest BCUT2D eigenvalue weighted by atomic mass is 10.1. The molecule has 0 amide bonds. The molecular formula is C9H9BrF2N2O2. The van der Waals surface area contributed by atoms with E-state index in [1.54, 1.807) is 0 Å². The summed E-state index contributed by atoms with van der Waals surface area (Å²) >= 11 is 2.93. The fourth-order valence-corrected chi connectivity index (χ4v) is 1.70. The minimum Gasteiger partial charge on any atom is -0.481 e. The van der Waals surface area contributed by atoms with Crippen LogP contribution in [0.3, 0.4) is 0 Å². The van der Waals surface area contributed by atoms with E-state index >= 15 is 0 Å². The van der Waals surface area contributed by atoms with Crippen LogP contribution < -0.4 is 5.73 Å². The van der Waals surface area contributed by atoms with Gasteiger partial charge in [-0.3, -0.25) is 9.78 Å². The number of nitrogens with two attached hydrogens (primary N) is 1. The minimum absolute atomic E-state index is 0.0143. The van der Waals surface area contributed by atoms with Crippen molar-refractivity contribution in [3.8, 4) is 0 Å². The summed E-state index contributed by atoms with van der Waals surface area (Å²) in [6.07, 6.45) is -3.12. The summed E-state index contributed by atoms with van der Waals surface area (Å²) in [5, 5.41) is 8.60. The quantitative estimate of drug-likeness (QED) is 0.889. The summed E-state index contributed by atoms with van der Waals surface area (Å²) in [6, 6.07) is 1.17. The molecule has 4 nitrogen and oxygen atoms in total. The zero-order valence-electron chi connectivity index (χ0n) is 8.08. The number of nitrogens with zero attached hydrogens (tertiary/aromatic N) is 1. The van der Waals surface area contributed by atoms with Gasteiger partial charge in [0.2, 0.25) is 0 Å². The first kappa shape index (κ1) is 13.0. The predicted molar refractivity (Wildman–Crippen MR) is 56.1 cm³/mol. The molecule has 1 rings (SSSR count). The molecule has 1 heterocycles. The van der Waals surface area contributed by atoms with Gasteiger partial charge in [0.05, 0.1) is 17.8 Å². The van der Waals surface area contributed by atoms with Gasteiger partial charge in [-0.1, -0.05) is 0 Å². The highest BCUT2D eigenvalue weighted by Crippen LogP contribution is 2.30. The lowest BCUT2D eigenvalue weighted by Crippen LogP contribution is -2.09. The standard InChI is InChI=1S/C9H9BrF2N2O2/c10-8-5(9(11)12)1-4(3-13)14-6(8)2-7(15)16/h1,9H,2-3,13H2,(H,15,16). The SMILES string of the molecule is NCc1cc(C(F)F)c(Br)c(CC(=O)O)n1. The van der Waals surface area contributed by atoms with Crippen molar-refractivity contribution in [3.05, 3.63) is 27.5 Å². The van der Waals surface area contributed by atoms with Gasteiger partial charge >= 0.3 is 5.97 Å². The lowest BCUT2D eigenvalue weighted by Gasteiger charge is -2.09. The monoisotopic (exact) mass is 294 g/mol. The number of hydrogen-bond donors (Lipinski definition) is 2. The van der Waals surface area contributed by atoms with Crippen molar-refractivity contribution in [2.24, 2.45) is 5.73 Å². The highest BCUT2D eigenvalue weighted by molar-refractivity contribution is 9.10. The second-order valence-corrected chi connectivity index (χ2v) is 3.83. The number of aromatic nitrogens is 1. The van der Waals surface area contributed by atoms with Gasteiger partial charge in [0, 0.05) is 16.6 Å². The van der Waals surface area contributed by atoms with Crippen LogP contribution in [0.1, 0.15) is 23.4 Å². The van der Waals surface area contributed by atoms with Gasteiger partial charge in [-0.2, -0.15) is 0 Å². The van der Waals surface area contributed by atoms with E-state index in [-0.39, 0.29) is 28.0 Å². The third-order valence-corrected chi connectivity index (χ3v) is 2.79. The van der Waals surface area contributed by atoms with Gasteiger partial charge < -0.3 is 10.8 Å². The van der Waals surface area contributed by atoms with Crippen molar-refractivity contribution in [2.45, 2.75) is 19.4 Å². The summed E-state index contributed by atoms with van der Waals surface area (Å²) in [5.41, 5.74) is 5.32. The largest absolute Gasteiger partial charge is 0.481 e. The second-order valence-electron chi connectivity index (χ2n) is 3.04. The molecule has 0 spiro atoms. The summed E-state index contributed by atoms with van der Waals surface area (Å²) in [7, 11) is 0. The van der Waals surface area contributed by atoms with Gasteiger partial charge in [-0.15, -0.1) is 0 Å². The van der Waals surface area contributed by atoms with E-state index in [0.717, 1.165) is 0 Å². The molecule has 7 heteroatoms. The van der Waals surface area contributed by atoms with E-state index in [2.05, 4.69) is 20.9 Å². The Kier molecular flexibility index (Phi) is 4.31. The normalized spacial score (nSPS) is 10.8. The average Bonchev–Trinajstić information content (AvgIpc) is 2.19. The van der Waals surface area contributed by atoms with Gasteiger partial charge in [-0.05, 0) is 22.0 Å². The Morgan fingerprint density at radius 3 is 2.69 bits per heavy atom. The van der Waals surface area contributed by atoms with Crippen LogP contribution in [0, 0.1) is 0 Å². The molecule has 0 atom stereocenters. The molecule has 0 unspecified atom stereocenters. The van der Waals surface area contributed by atoms with Crippen molar-refractivity contribution >= 4 is 21.9 Å². The predicted octanol–water partition coefficient (Wildman–Crippen LogP) is 1.87. The highest BCUT2D eigenvalue weighted by atomic mass is 79.9. The number of carboxylic acid groups (broad SMARTS) is 1. The third-order valence-electron chi connectivity index (χ3n) is 1.87. The lowest BCUT2D eigenvalue weighted by molar-refractivity contribution is -0.136. The molecule has 88 valence electrons. The Hall–Kier alpha value is -1.08. The number of carboxylic acids is 1. The topological polar surface area (TPSA) is 76.2 Å². The number of halogens is 3. The molecule has 0 saturated carbocycles. The van der Waals surface area contributed by atoms with Crippen LogP contribution >= 0.6 is 15.9 Å². The Labute approximate surface area is 98.6 Å². The van der Waals surface area contributed by atoms with Crippen LogP contribution in [-0.4, -0.2) is 16.1 Å². The van der Waals surface area contributed by atoms with E-state index in [9.17, 15) is 13.6 Å². The van der Waals surface area contributed by atoms with Gasteiger partial charge in [-0.25, -0.2) is 8.78 Å². The number of pyridine rings is 1. The van der Waals surface area contributed by atoms with E-state index in [0.29, 0.717) is 0 Å². The third kappa shape index (κ3) is 2.96. The zero-order chi connectivity index (χ0) is 12.3. The maximum Gasteiger partial charge on any atom is 0.309 e. The molecule has 1 aromatic rings. The van der Waals surface area contributed by atoms with Gasteiger partial charge in [0.15, 0.2) is 0 Å². The average molecular weight is 295 g/mol. The van der Waals surface area contributed by atoms with Crippen molar-refractivity contribution in [2.75, 3.05) is 0 Å². The van der Waals surface area contributed by atoms with Crippen molar-refractivity contribution in [3.63, 3.8) is 0 Å². The van der Waals surface area contributed by atoms with Crippen LogP contribution in [0.4, 0.5) is 8.78 Å². The fraction of sp³-hybridized carbons (Fsp3) is 0.333.